The van der Waals surface area contributed by atoms with Gasteiger partial charge in [0, 0.05) is 12.5 Å². The van der Waals surface area contributed by atoms with Gasteiger partial charge in [-0.1, -0.05) is 11.6 Å². The first-order valence-electron chi connectivity index (χ1n) is 4.62. The smallest absolute Gasteiger partial charge is 0.338 e. The highest BCUT2D eigenvalue weighted by molar-refractivity contribution is 6.32. The van der Waals surface area contributed by atoms with Gasteiger partial charge in [-0.05, 0) is 0 Å². The molecule has 86 valence electrons. The van der Waals surface area contributed by atoms with E-state index in [9.17, 15) is 9.18 Å². The van der Waals surface area contributed by atoms with Gasteiger partial charge in [0.15, 0.2) is 17.3 Å². The summed E-state index contributed by atoms with van der Waals surface area (Å²) in [5.74, 6) is -2.16. The SMILES string of the molecule is O=C(O)c1cc2c(c(Cl)c1F)OCCCO2. The average Bonchev–Trinajstić information content (AvgIpc) is 2.48. The minimum Gasteiger partial charge on any atom is -0.489 e. The molecule has 0 amide bonds. The first-order chi connectivity index (χ1) is 7.61. The number of hydrogen-bond acceptors (Lipinski definition) is 3. The van der Waals surface area contributed by atoms with Crippen molar-refractivity contribution in [3.8, 4) is 11.5 Å². The van der Waals surface area contributed by atoms with Crippen LogP contribution in [0, 0.1) is 5.82 Å². The van der Waals surface area contributed by atoms with Crippen LogP contribution in [0.2, 0.25) is 5.02 Å². The molecule has 0 fully saturated rings. The third kappa shape index (κ3) is 1.78. The fourth-order valence-electron chi connectivity index (χ4n) is 1.40. The summed E-state index contributed by atoms with van der Waals surface area (Å²) < 4.78 is 24.0. The first kappa shape index (κ1) is 11.0. The fraction of sp³-hybridized carbons (Fsp3) is 0.300. The Balaban J connectivity index is 2.59. The van der Waals surface area contributed by atoms with Crippen LogP contribution in [0.4, 0.5) is 4.39 Å². The first-order valence-corrected chi connectivity index (χ1v) is 5.00. The van der Waals surface area contributed by atoms with Crippen molar-refractivity contribution >= 4 is 17.6 Å². The summed E-state index contributed by atoms with van der Waals surface area (Å²) >= 11 is 5.69. The number of benzene rings is 1. The maximum absolute atomic E-state index is 13.5. The number of carboxylic acid groups (broad SMARTS) is 1. The maximum atomic E-state index is 13.5. The van der Waals surface area contributed by atoms with E-state index in [0.29, 0.717) is 19.6 Å². The molecule has 16 heavy (non-hydrogen) atoms. The predicted molar refractivity (Wildman–Crippen MR) is 54.0 cm³/mol. The van der Waals surface area contributed by atoms with Gasteiger partial charge >= 0.3 is 5.97 Å². The zero-order valence-electron chi connectivity index (χ0n) is 8.13. The molecule has 0 aliphatic carbocycles. The number of aromatic carboxylic acids is 1. The lowest BCUT2D eigenvalue weighted by molar-refractivity contribution is 0.0691. The van der Waals surface area contributed by atoms with Gasteiger partial charge in [0.2, 0.25) is 0 Å². The van der Waals surface area contributed by atoms with E-state index < -0.39 is 17.3 Å². The minimum absolute atomic E-state index is 0.0710. The Bertz CT molecular complexity index is 447. The van der Waals surface area contributed by atoms with Crippen LogP contribution in [-0.4, -0.2) is 24.3 Å². The van der Waals surface area contributed by atoms with Gasteiger partial charge in [0.1, 0.15) is 10.6 Å². The minimum atomic E-state index is -1.39. The molecule has 0 atom stereocenters. The van der Waals surface area contributed by atoms with E-state index in [4.69, 9.17) is 26.2 Å². The van der Waals surface area contributed by atoms with E-state index >= 15 is 0 Å². The van der Waals surface area contributed by atoms with E-state index in [0.717, 1.165) is 6.07 Å². The summed E-state index contributed by atoms with van der Waals surface area (Å²) in [6.45, 7) is 0.743. The van der Waals surface area contributed by atoms with E-state index in [1.807, 2.05) is 0 Å². The summed E-state index contributed by atoms with van der Waals surface area (Å²) in [6, 6.07) is 1.09. The Kier molecular flexibility index (Phi) is 2.87. The van der Waals surface area contributed by atoms with E-state index in [1.54, 1.807) is 0 Å². The van der Waals surface area contributed by atoms with Crippen LogP contribution in [0.1, 0.15) is 16.8 Å². The fourth-order valence-corrected chi connectivity index (χ4v) is 1.65. The molecule has 1 heterocycles. The topological polar surface area (TPSA) is 55.8 Å². The van der Waals surface area contributed by atoms with Crippen LogP contribution in [-0.2, 0) is 0 Å². The second kappa shape index (κ2) is 4.17. The Morgan fingerprint density at radius 2 is 2.12 bits per heavy atom. The van der Waals surface area contributed by atoms with Crippen LogP contribution < -0.4 is 9.47 Å². The van der Waals surface area contributed by atoms with Gasteiger partial charge in [-0.15, -0.1) is 0 Å². The summed E-state index contributed by atoms with van der Waals surface area (Å²) in [4.78, 5) is 10.8. The molecular formula is C10H8ClFO4. The second-order valence-corrected chi connectivity index (χ2v) is 3.61. The van der Waals surface area contributed by atoms with Crippen LogP contribution in [0.3, 0.4) is 0 Å². The Hall–Kier alpha value is -1.49. The summed E-state index contributed by atoms with van der Waals surface area (Å²) in [7, 11) is 0. The molecule has 0 unspecified atom stereocenters. The van der Waals surface area contributed by atoms with Crippen molar-refractivity contribution in [2.75, 3.05) is 13.2 Å². The van der Waals surface area contributed by atoms with Crippen molar-refractivity contribution < 1.29 is 23.8 Å². The van der Waals surface area contributed by atoms with Gasteiger partial charge in [-0.2, -0.15) is 0 Å². The van der Waals surface area contributed by atoms with Crippen molar-refractivity contribution in [3.63, 3.8) is 0 Å². The van der Waals surface area contributed by atoms with Crippen molar-refractivity contribution in [3.05, 3.63) is 22.5 Å². The van der Waals surface area contributed by atoms with Crippen molar-refractivity contribution in [1.29, 1.82) is 0 Å². The number of ether oxygens (including phenoxy) is 2. The quantitative estimate of drug-likeness (QED) is 0.826. The molecule has 6 heteroatoms. The molecule has 1 N–H and O–H groups in total. The van der Waals surface area contributed by atoms with Crippen molar-refractivity contribution in [2.45, 2.75) is 6.42 Å². The van der Waals surface area contributed by atoms with Gasteiger partial charge in [0.05, 0.1) is 13.2 Å². The van der Waals surface area contributed by atoms with Crippen LogP contribution in [0.15, 0.2) is 6.07 Å². The third-order valence-corrected chi connectivity index (χ3v) is 2.49. The summed E-state index contributed by atoms with van der Waals surface area (Å²) in [6.07, 6.45) is 0.634. The molecule has 0 saturated heterocycles. The van der Waals surface area contributed by atoms with Crippen molar-refractivity contribution in [1.82, 2.24) is 0 Å². The number of carboxylic acids is 1. The molecule has 0 radical (unpaired) electrons. The molecule has 2 rings (SSSR count). The summed E-state index contributed by atoms with van der Waals surface area (Å²) in [5.41, 5.74) is -0.519. The number of fused-ring (bicyclic) bond motifs is 1. The highest BCUT2D eigenvalue weighted by Gasteiger charge is 2.24. The molecule has 1 aromatic rings. The molecule has 1 aromatic carbocycles. The van der Waals surface area contributed by atoms with Crippen molar-refractivity contribution in [2.24, 2.45) is 0 Å². The predicted octanol–water partition coefficient (Wildman–Crippen LogP) is 2.34. The molecule has 1 aliphatic rings. The lowest BCUT2D eigenvalue weighted by Crippen LogP contribution is -2.04. The Morgan fingerprint density at radius 3 is 2.81 bits per heavy atom. The van der Waals surface area contributed by atoms with E-state index in [2.05, 4.69) is 0 Å². The average molecular weight is 247 g/mol. The van der Waals surface area contributed by atoms with Gasteiger partial charge in [0.25, 0.3) is 0 Å². The molecule has 4 nitrogen and oxygen atoms in total. The second-order valence-electron chi connectivity index (χ2n) is 3.23. The molecule has 0 spiro atoms. The molecule has 0 aromatic heterocycles. The lowest BCUT2D eigenvalue weighted by atomic mass is 10.2. The van der Waals surface area contributed by atoms with Gasteiger partial charge in [-0.3, -0.25) is 0 Å². The van der Waals surface area contributed by atoms with Crippen LogP contribution in [0.25, 0.3) is 0 Å². The highest BCUT2D eigenvalue weighted by Crippen LogP contribution is 2.40. The van der Waals surface area contributed by atoms with Gasteiger partial charge < -0.3 is 14.6 Å². The lowest BCUT2D eigenvalue weighted by Gasteiger charge is -2.11. The maximum Gasteiger partial charge on any atom is 0.338 e. The van der Waals surface area contributed by atoms with Gasteiger partial charge in [-0.25, -0.2) is 9.18 Å². The number of carbonyl (C=O) groups is 1. The largest absolute Gasteiger partial charge is 0.489 e. The molecule has 1 aliphatic heterocycles. The number of hydrogen-bond donors (Lipinski definition) is 1. The van der Waals surface area contributed by atoms with E-state index in [1.165, 1.54) is 0 Å². The van der Waals surface area contributed by atoms with E-state index in [-0.39, 0.29) is 16.5 Å². The standard InChI is InChI=1S/C10H8ClFO4/c11-7-8(12)5(10(13)14)4-6-9(7)16-3-1-2-15-6/h4H,1-3H2,(H,13,14). The Labute approximate surface area is 95.5 Å². The molecular weight excluding hydrogens is 239 g/mol. The van der Waals surface area contributed by atoms with Crippen LogP contribution in [0.5, 0.6) is 11.5 Å². The normalized spacial score (nSPS) is 14.4. The number of rotatable bonds is 1. The highest BCUT2D eigenvalue weighted by atomic mass is 35.5. The monoisotopic (exact) mass is 246 g/mol. The zero-order valence-corrected chi connectivity index (χ0v) is 8.88. The summed E-state index contributed by atoms with van der Waals surface area (Å²) in [5, 5.41) is 8.42. The van der Waals surface area contributed by atoms with Crippen LogP contribution >= 0.6 is 11.6 Å². The Morgan fingerprint density at radius 1 is 1.44 bits per heavy atom. The zero-order chi connectivity index (χ0) is 11.7. The third-order valence-electron chi connectivity index (χ3n) is 2.15. The number of halogens is 2. The molecule has 0 bridgehead atoms. The molecule has 0 saturated carbocycles.